The molecule has 0 unspecified atom stereocenters. The highest BCUT2D eigenvalue weighted by Crippen LogP contribution is 2.10. The van der Waals surface area contributed by atoms with Gasteiger partial charge in [0.25, 0.3) is 0 Å². The number of hydrogen-bond donors (Lipinski definition) is 0. The average Bonchev–Trinajstić information content (AvgIpc) is 2.35. The molecule has 0 amide bonds. The van der Waals surface area contributed by atoms with Crippen LogP contribution in [0, 0.1) is 0 Å². The molecule has 0 fully saturated rings. The topological polar surface area (TPSA) is 27.7 Å². The van der Waals surface area contributed by atoms with Crippen LogP contribution < -0.4 is 10.2 Å². The van der Waals surface area contributed by atoms with Crippen LogP contribution in [0.1, 0.15) is 41.0 Å². The van der Waals surface area contributed by atoms with Crippen LogP contribution in [0.5, 0.6) is 5.75 Å². The Balaban J connectivity index is 2.72. The van der Waals surface area contributed by atoms with E-state index in [-0.39, 0.29) is 19.3 Å². The molecule has 4 heteroatoms. The summed E-state index contributed by atoms with van der Waals surface area (Å²) in [6, 6.07) is 7.93. The molecule has 0 saturated carbocycles. The summed E-state index contributed by atoms with van der Waals surface area (Å²) in [6.07, 6.45) is 1.26. The molecule has 0 saturated heterocycles. The molecule has 0 aliphatic carbocycles. The zero-order chi connectivity index (χ0) is 14.3. The summed E-state index contributed by atoms with van der Waals surface area (Å²) in [5.41, 5.74) is 1.02. The van der Waals surface area contributed by atoms with E-state index < -0.39 is 0 Å². The molecule has 1 rings (SSSR count). The van der Waals surface area contributed by atoms with E-state index in [2.05, 4.69) is 6.92 Å². The molecular weight excluding hydrogens is 239 g/mol. The zero-order valence-corrected chi connectivity index (χ0v) is 12.7. The fourth-order valence-electron chi connectivity index (χ4n) is 1.62. The van der Waals surface area contributed by atoms with Crippen LogP contribution in [0.4, 0.5) is 0 Å². The van der Waals surface area contributed by atoms with Crippen molar-refractivity contribution in [2.45, 2.75) is 53.2 Å². The summed E-state index contributed by atoms with van der Waals surface area (Å²) < 4.78 is 17.2. The lowest BCUT2D eigenvalue weighted by atomic mass is 9.78. The van der Waals surface area contributed by atoms with Gasteiger partial charge in [-0.05, 0) is 51.7 Å². The lowest BCUT2D eigenvalue weighted by Crippen LogP contribution is -2.40. The monoisotopic (exact) mass is 264 g/mol. The maximum atomic E-state index is 5.81. The van der Waals surface area contributed by atoms with E-state index in [1.165, 1.54) is 0 Å². The molecule has 0 heterocycles. The highest BCUT2D eigenvalue weighted by atomic mass is 16.6. The molecule has 0 aromatic heterocycles. The van der Waals surface area contributed by atoms with Gasteiger partial charge in [-0.1, -0.05) is 19.1 Å². The fraction of sp³-hybridized carbons (Fsp3) is 0.600. The molecule has 106 valence electrons. The van der Waals surface area contributed by atoms with Crippen molar-refractivity contribution in [3.63, 3.8) is 0 Å². The second-order valence-corrected chi connectivity index (χ2v) is 5.12. The van der Waals surface area contributed by atoms with E-state index in [1.807, 2.05) is 52.0 Å². The maximum absolute atomic E-state index is 5.81. The van der Waals surface area contributed by atoms with Gasteiger partial charge in [-0.15, -0.1) is 0 Å². The van der Waals surface area contributed by atoms with E-state index in [4.69, 9.17) is 14.0 Å². The van der Waals surface area contributed by atoms with Gasteiger partial charge in [0, 0.05) is 12.2 Å². The van der Waals surface area contributed by atoms with Gasteiger partial charge < -0.3 is 14.0 Å². The second kappa shape index (κ2) is 8.23. The van der Waals surface area contributed by atoms with Gasteiger partial charge in [0.1, 0.15) is 5.75 Å². The van der Waals surface area contributed by atoms with Crippen molar-refractivity contribution in [3.05, 3.63) is 24.3 Å². The van der Waals surface area contributed by atoms with Crippen molar-refractivity contribution in [1.82, 2.24) is 0 Å². The predicted octanol–water partition coefficient (Wildman–Crippen LogP) is 3.02. The molecule has 0 radical (unpaired) electrons. The van der Waals surface area contributed by atoms with Crippen LogP contribution in [0.15, 0.2) is 24.3 Å². The first kappa shape index (κ1) is 16.1. The van der Waals surface area contributed by atoms with Crippen LogP contribution in [0.25, 0.3) is 0 Å². The van der Waals surface area contributed by atoms with E-state index in [9.17, 15) is 0 Å². The van der Waals surface area contributed by atoms with Gasteiger partial charge in [0.2, 0.25) is 0 Å². The molecule has 0 atom stereocenters. The number of ether oxygens (including phenoxy) is 1. The van der Waals surface area contributed by atoms with Crippen LogP contribution in [-0.4, -0.2) is 25.9 Å². The number of hydrogen-bond acceptors (Lipinski definition) is 3. The summed E-state index contributed by atoms with van der Waals surface area (Å²) in [4.78, 5) is 0. The minimum absolute atomic E-state index is 0.125. The van der Waals surface area contributed by atoms with Crippen molar-refractivity contribution in [2.75, 3.05) is 6.61 Å². The largest absolute Gasteiger partial charge is 0.494 e. The minimum Gasteiger partial charge on any atom is -0.494 e. The van der Waals surface area contributed by atoms with Crippen molar-refractivity contribution in [2.24, 2.45) is 0 Å². The predicted molar refractivity (Wildman–Crippen MR) is 80.1 cm³/mol. The molecular formula is C15H25BO3. The van der Waals surface area contributed by atoms with Gasteiger partial charge in [0.15, 0.2) is 0 Å². The van der Waals surface area contributed by atoms with Gasteiger partial charge in [-0.2, -0.15) is 0 Å². The summed E-state index contributed by atoms with van der Waals surface area (Å²) in [7, 11) is -0.319. The van der Waals surface area contributed by atoms with Gasteiger partial charge in [-0.3, -0.25) is 0 Å². The third-order valence-corrected chi connectivity index (χ3v) is 2.42. The number of benzene rings is 1. The standard InChI is InChI=1S/C15H25BO3/c1-6-11-17-15-9-7-14(8-10-15)16(18-12(2)3)19-13(4)5/h7-10,12-13H,6,11H2,1-5H3. The second-order valence-electron chi connectivity index (χ2n) is 5.12. The Morgan fingerprint density at radius 2 is 1.47 bits per heavy atom. The van der Waals surface area contributed by atoms with Crippen molar-refractivity contribution >= 4 is 12.6 Å². The molecule has 0 aliphatic heterocycles. The summed E-state index contributed by atoms with van der Waals surface area (Å²) in [6.45, 7) is 10.9. The van der Waals surface area contributed by atoms with E-state index in [0.29, 0.717) is 0 Å². The minimum atomic E-state index is -0.319. The summed E-state index contributed by atoms with van der Waals surface area (Å²) >= 11 is 0. The Morgan fingerprint density at radius 3 is 1.89 bits per heavy atom. The SMILES string of the molecule is CCCOc1ccc(B(OC(C)C)OC(C)C)cc1. The van der Waals surface area contributed by atoms with Crippen molar-refractivity contribution in [3.8, 4) is 5.75 Å². The summed E-state index contributed by atoms with van der Waals surface area (Å²) in [5.74, 6) is 0.887. The number of rotatable bonds is 8. The lowest BCUT2D eigenvalue weighted by molar-refractivity contribution is 0.139. The Bertz CT molecular complexity index is 339. The Hall–Kier alpha value is -0.995. The van der Waals surface area contributed by atoms with Gasteiger partial charge >= 0.3 is 7.12 Å². The normalized spacial score (nSPS) is 11.1. The van der Waals surface area contributed by atoms with Crippen LogP contribution in [0.2, 0.25) is 0 Å². The molecule has 19 heavy (non-hydrogen) atoms. The Morgan fingerprint density at radius 1 is 0.947 bits per heavy atom. The Kier molecular flexibility index (Phi) is 6.96. The van der Waals surface area contributed by atoms with Crippen molar-refractivity contribution in [1.29, 1.82) is 0 Å². The van der Waals surface area contributed by atoms with Crippen LogP contribution >= 0.6 is 0 Å². The molecule has 0 bridgehead atoms. The third-order valence-electron chi connectivity index (χ3n) is 2.42. The van der Waals surface area contributed by atoms with Crippen LogP contribution in [-0.2, 0) is 9.31 Å². The Labute approximate surface area is 117 Å². The molecule has 0 N–H and O–H groups in total. The fourth-order valence-corrected chi connectivity index (χ4v) is 1.62. The molecule has 1 aromatic rings. The summed E-state index contributed by atoms with van der Waals surface area (Å²) in [5, 5.41) is 0. The molecule has 0 aliphatic rings. The van der Waals surface area contributed by atoms with E-state index in [1.54, 1.807) is 0 Å². The van der Waals surface area contributed by atoms with Crippen molar-refractivity contribution < 1.29 is 14.0 Å². The third kappa shape index (κ3) is 6.12. The first-order chi connectivity index (χ1) is 9.02. The first-order valence-corrected chi connectivity index (χ1v) is 7.06. The first-order valence-electron chi connectivity index (χ1n) is 7.06. The van der Waals surface area contributed by atoms with E-state index in [0.717, 1.165) is 24.2 Å². The molecule has 1 aromatic carbocycles. The smallest absolute Gasteiger partial charge is 0.494 e. The van der Waals surface area contributed by atoms with Gasteiger partial charge in [-0.25, -0.2) is 0 Å². The van der Waals surface area contributed by atoms with Crippen LogP contribution in [0.3, 0.4) is 0 Å². The maximum Gasteiger partial charge on any atom is 0.494 e. The lowest BCUT2D eigenvalue weighted by Gasteiger charge is -2.20. The highest BCUT2D eigenvalue weighted by molar-refractivity contribution is 6.61. The van der Waals surface area contributed by atoms with Gasteiger partial charge in [0.05, 0.1) is 6.61 Å². The van der Waals surface area contributed by atoms with E-state index >= 15 is 0 Å². The highest BCUT2D eigenvalue weighted by Gasteiger charge is 2.23. The molecule has 0 spiro atoms. The zero-order valence-electron chi connectivity index (χ0n) is 12.7. The average molecular weight is 264 g/mol. The molecule has 3 nitrogen and oxygen atoms in total. The quantitative estimate of drug-likeness (QED) is 0.675.